The predicted molar refractivity (Wildman–Crippen MR) is 105 cm³/mol. The molecule has 1 aliphatic rings. The van der Waals surface area contributed by atoms with Crippen LogP contribution in [0.1, 0.15) is 30.4 Å². The van der Waals surface area contributed by atoms with Gasteiger partial charge in [0.2, 0.25) is 0 Å². The zero-order valence-corrected chi connectivity index (χ0v) is 15.8. The monoisotopic (exact) mass is 356 g/mol. The first-order chi connectivity index (χ1) is 12.3. The van der Waals surface area contributed by atoms with Gasteiger partial charge in [-0.15, -0.1) is 0 Å². The van der Waals surface area contributed by atoms with Gasteiger partial charge in [0, 0.05) is 37.1 Å². The van der Waals surface area contributed by atoms with Crippen LogP contribution < -0.4 is 5.32 Å². The van der Waals surface area contributed by atoms with Gasteiger partial charge >= 0.3 is 0 Å². The molecule has 1 aromatic heterocycles. The standard InChI is InChI=1S/C20H28N4S/c1-25-20-22-14-18(15-23-20)13-21-19-10-6-12-24(16-19)11-5-9-17-7-3-2-4-8-17/h2-4,7-8,14-15,19,21H,5-6,9-13,16H2,1H3. The Balaban J connectivity index is 1.38. The summed E-state index contributed by atoms with van der Waals surface area (Å²) in [5, 5.41) is 4.52. The van der Waals surface area contributed by atoms with Gasteiger partial charge in [-0.3, -0.25) is 0 Å². The van der Waals surface area contributed by atoms with Gasteiger partial charge in [-0.1, -0.05) is 42.1 Å². The normalized spacial score (nSPS) is 18.4. The molecule has 0 spiro atoms. The molecule has 1 aliphatic heterocycles. The van der Waals surface area contributed by atoms with Crippen molar-refractivity contribution in [2.24, 2.45) is 0 Å². The number of thioether (sulfide) groups is 1. The lowest BCUT2D eigenvalue weighted by Gasteiger charge is -2.33. The van der Waals surface area contributed by atoms with Crippen molar-refractivity contribution >= 4 is 11.8 Å². The van der Waals surface area contributed by atoms with Crippen LogP contribution in [0.25, 0.3) is 0 Å². The molecule has 1 saturated heterocycles. The fourth-order valence-corrected chi connectivity index (χ4v) is 3.69. The van der Waals surface area contributed by atoms with Crippen LogP contribution in [0.15, 0.2) is 47.9 Å². The molecule has 2 aromatic rings. The van der Waals surface area contributed by atoms with Crippen LogP contribution in [0, 0.1) is 0 Å². The van der Waals surface area contributed by atoms with E-state index in [1.165, 1.54) is 49.9 Å². The zero-order valence-electron chi connectivity index (χ0n) is 15.0. The summed E-state index contributed by atoms with van der Waals surface area (Å²) in [5.74, 6) is 0. The molecule has 1 fully saturated rings. The summed E-state index contributed by atoms with van der Waals surface area (Å²) in [6.45, 7) is 4.44. The third-order valence-corrected chi connectivity index (χ3v) is 5.32. The van der Waals surface area contributed by atoms with E-state index >= 15 is 0 Å². The van der Waals surface area contributed by atoms with Crippen molar-refractivity contribution in [1.29, 1.82) is 0 Å². The second-order valence-corrected chi connectivity index (χ2v) is 7.46. The quantitative estimate of drug-likeness (QED) is 0.580. The third-order valence-electron chi connectivity index (χ3n) is 4.75. The summed E-state index contributed by atoms with van der Waals surface area (Å²) in [6, 6.07) is 11.4. The molecule has 0 bridgehead atoms. The van der Waals surface area contributed by atoms with Crippen molar-refractivity contribution in [3.05, 3.63) is 53.9 Å². The van der Waals surface area contributed by atoms with E-state index in [-0.39, 0.29) is 0 Å². The molecule has 1 atom stereocenters. The molecule has 3 rings (SSSR count). The maximum Gasteiger partial charge on any atom is 0.187 e. The smallest absolute Gasteiger partial charge is 0.187 e. The molecule has 0 saturated carbocycles. The van der Waals surface area contributed by atoms with E-state index < -0.39 is 0 Å². The topological polar surface area (TPSA) is 41.1 Å². The molecule has 4 nitrogen and oxygen atoms in total. The number of hydrogen-bond donors (Lipinski definition) is 1. The average Bonchev–Trinajstić information content (AvgIpc) is 2.68. The Morgan fingerprint density at radius 3 is 2.72 bits per heavy atom. The number of likely N-dealkylation sites (tertiary alicyclic amines) is 1. The Morgan fingerprint density at radius 1 is 1.16 bits per heavy atom. The van der Waals surface area contributed by atoms with Gasteiger partial charge in [-0.25, -0.2) is 9.97 Å². The van der Waals surface area contributed by atoms with Gasteiger partial charge in [-0.2, -0.15) is 0 Å². The minimum Gasteiger partial charge on any atom is -0.309 e. The predicted octanol–water partition coefficient (Wildman–Crippen LogP) is 3.39. The fourth-order valence-electron chi connectivity index (χ4n) is 3.38. The maximum atomic E-state index is 4.35. The lowest BCUT2D eigenvalue weighted by atomic mass is 10.0. The highest BCUT2D eigenvalue weighted by Gasteiger charge is 2.19. The molecule has 2 heterocycles. The summed E-state index contributed by atoms with van der Waals surface area (Å²) in [7, 11) is 0. The number of benzene rings is 1. The zero-order chi connectivity index (χ0) is 17.3. The summed E-state index contributed by atoms with van der Waals surface area (Å²) < 4.78 is 0. The van der Waals surface area contributed by atoms with Crippen molar-refractivity contribution in [1.82, 2.24) is 20.2 Å². The van der Waals surface area contributed by atoms with Crippen molar-refractivity contribution in [2.45, 2.75) is 43.4 Å². The third kappa shape index (κ3) is 6.10. The molecule has 5 heteroatoms. The molecule has 1 aromatic carbocycles. The van der Waals surface area contributed by atoms with E-state index in [1.807, 2.05) is 18.6 Å². The van der Waals surface area contributed by atoms with E-state index in [0.717, 1.165) is 18.2 Å². The van der Waals surface area contributed by atoms with Crippen LogP contribution in [0.5, 0.6) is 0 Å². The Bertz CT molecular complexity index is 617. The number of aromatic nitrogens is 2. The number of nitrogens with zero attached hydrogens (tertiary/aromatic N) is 3. The second kappa shape index (κ2) is 9.90. The van der Waals surface area contributed by atoms with Gasteiger partial charge in [0.15, 0.2) is 5.16 Å². The lowest BCUT2D eigenvalue weighted by Crippen LogP contribution is -2.45. The van der Waals surface area contributed by atoms with Crippen LogP contribution in [0.4, 0.5) is 0 Å². The molecule has 134 valence electrons. The van der Waals surface area contributed by atoms with E-state index in [4.69, 9.17) is 0 Å². The van der Waals surface area contributed by atoms with Crippen LogP contribution in [0.2, 0.25) is 0 Å². The van der Waals surface area contributed by atoms with Gasteiger partial charge in [0.25, 0.3) is 0 Å². The van der Waals surface area contributed by atoms with Gasteiger partial charge < -0.3 is 10.2 Å². The average molecular weight is 357 g/mol. The number of aryl methyl sites for hydroxylation is 1. The first-order valence-corrected chi connectivity index (χ1v) is 10.4. The summed E-state index contributed by atoms with van der Waals surface area (Å²) in [4.78, 5) is 11.3. The van der Waals surface area contributed by atoms with E-state index in [2.05, 4.69) is 50.5 Å². The van der Waals surface area contributed by atoms with Gasteiger partial charge in [-0.05, 0) is 50.6 Å². The molecule has 0 radical (unpaired) electrons. The van der Waals surface area contributed by atoms with Crippen molar-refractivity contribution < 1.29 is 0 Å². The van der Waals surface area contributed by atoms with Gasteiger partial charge in [0.1, 0.15) is 0 Å². The number of rotatable bonds is 8. The maximum absolute atomic E-state index is 4.35. The van der Waals surface area contributed by atoms with Crippen molar-refractivity contribution in [3.8, 4) is 0 Å². The minimum atomic E-state index is 0.575. The minimum absolute atomic E-state index is 0.575. The van der Waals surface area contributed by atoms with Crippen LogP contribution in [-0.4, -0.2) is 46.8 Å². The summed E-state index contributed by atoms with van der Waals surface area (Å²) in [5.41, 5.74) is 2.61. The number of nitrogens with one attached hydrogen (secondary N) is 1. The molecule has 0 aliphatic carbocycles. The molecular formula is C20H28N4S. The first-order valence-electron chi connectivity index (χ1n) is 9.18. The Hall–Kier alpha value is -1.43. The van der Waals surface area contributed by atoms with Crippen LogP contribution >= 0.6 is 11.8 Å². The summed E-state index contributed by atoms with van der Waals surface area (Å²) >= 11 is 1.58. The van der Waals surface area contributed by atoms with Gasteiger partial charge in [0.05, 0.1) is 0 Å². The highest BCUT2D eigenvalue weighted by atomic mass is 32.2. The molecule has 1 N–H and O–H groups in total. The van der Waals surface area contributed by atoms with Crippen LogP contribution in [0.3, 0.4) is 0 Å². The highest BCUT2D eigenvalue weighted by Crippen LogP contribution is 2.13. The molecule has 1 unspecified atom stereocenters. The number of hydrogen-bond acceptors (Lipinski definition) is 5. The number of piperidine rings is 1. The molecular weight excluding hydrogens is 328 g/mol. The van der Waals surface area contributed by atoms with Crippen LogP contribution in [-0.2, 0) is 13.0 Å². The van der Waals surface area contributed by atoms with Crippen molar-refractivity contribution in [3.63, 3.8) is 0 Å². The fraction of sp³-hybridized carbons (Fsp3) is 0.500. The first kappa shape index (κ1) is 18.4. The molecule has 25 heavy (non-hydrogen) atoms. The SMILES string of the molecule is CSc1ncc(CNC2CCCN(CCCc3ccccc3)C2)cn1. The van der Waals surface area contributed by atoms with E-state index in [0.29, 0.717) is 6.04 Å². The Labute approximate surface area is 155 Å². The van der Waals surface area contributed by atoms with Crippen molar-refractivity contribution in [2.75, 3.05) is 25.9 Å². The lowest BCUT2D eigenvalue weighted by molar-refractivity contribution is 0.188. The largest absolute Gasteiger partial charge is 0.309 e. The second-order valence-electron chi connectivity index (χ2n) is 6.69. The highest BCUT2D eigenvalue weighted by molar-refractivity contribution is 7.98. The summed E-state index contributed by atoms with van der Waals surface area (Å²) in [6.07, 6.45) is 10.8. The Morgan fingerprint density at radius 2 is 1.96 bits per heavy atom. The molecule has 0 amide bonds. The van der Waals surface area contributed by atoms with E-state index in [9.17, 15) is 0 Å². The Kier molecular flexibility index (Phi) is 7.27. The van der Waals surface area contributed by atoms with E-state index in [1.54, 1.807) is 11.8 Å².